The number of fused-ring (bicyclic) bond motifs is 4. The van der Waals surface area contributed by atoms with Gasteiger partial charge in [0.05, 0.1) is 91.7 Å². The maximum Gasteiger partial charge on any atom is 0.122 e. The van der Waals surface area contributed by atoms with Crippen molar-refractivity contribution in [2.75, 3.05) is 0 Å². The number of hydrogen-bond acceptors (Lipinski definition) is 8. The summed E-state index contributed by atoms with van der Waals surface area (Å²) in [6.07, 6.45) is 8.08. The Balaban J connectivity index is 1.10. The van der Waals surface area contributed by atoms with E-state index in [0.717, 1.165) is 124 Å². The smallest absolute Gasteiger partial charge is 0.122 e. The first-order valence-electron chi connectivity index (χ1n) is 26.5. The van der Waals surface area contributed by atoms with Crippen molar-refractivity contribution < 1.29 is 0 Å². The first-order chi connectivity index (χ1) is 38.4. The van der Waals surface area contributed by atoms with Gasteiger partial charge in [-0.05, 0) is 114 Å². The number of benzene rings is 8. The average molecular weight is 1040 g/mol. The number of hydrogen-bond donors (Lipinski definition) is 0. The van der Waals surface area contributed by atoms with Crippen LogP contribution < -0.4 is 0 Å². The van der Waals surface area contributed by atoms with E-state index in [9.17, 15) is 0 Å². The van der Waals surface area contributed by atoms with Crippen LogP contribution in [0.1, 0.15) is 45.0 Å². The second-order valence-corrected chi connectivity index (χ2v) is 28.9. The summed E-state index contributed by atoms with van der Waals surface area (Å²) < 4.78 is 0. The predicted octanol–water partition coefficient (Wildman–Crippen LogP) is 15.5. The third-order valence-electron chi connectivity index (χ3n) is 15.9. The number of rotatable bonds is 11. The Morgan fingerprint density at radius 3 is 0.654 bits per heavy atom. The SMILES string of the molecule is C[Si]1(CC[Si]2(C)C(c3cnc4ccccc4n3)=C(c3ccccc3)C(c3ccccc3)=C2c2cnc3ccccc3n2)C(c2cnc3ccccc3n2)=C(c2ccccc2)C(c2ccccc2)=C1c1cnc2ccccc2n1. The fourth-order valence-electron chi connectivity index (χ4n) is 12.4. The van der Waals surface area contributed by atoms with E-state index in [4.69, 9.17) is 39.9 Å². The Morgan fingerprint density at radius 2 is 0.436 bits per heavy atom. The monoisotopic (exact) mass is 1030 g/mol. The zero-order chi connectivity index (χ0) is 52.2. The van der Waals surface area contributed by atoms with Gasteiger partial charge in [0.1, 0.15) is 16.1 Å². The zero-order valence-electron chi connectivity index (χ0n) is 43.1. The molecule has 10 heteroatoms. The van der Waals surface area contributed by atoms with Crippen molar-refractivity contribution in [3.63, 3.8) is 0 Å². The Morgan fingerprint density at radius 1 is 0.244 bits per heavy atom. The number of para-hydroxylation sites is 8. The molecule has 4 aromatic heterocycles. The second kappa shape index (κ2) is 19.3. The molecule has 78 heavy (non-hydrogen) atoms. The lowest BCUT2D eigenvalue weighted by molar-refractivity contribution is 1.23. The molecule has 0 fully saturated rings. The molecule has 2 aliphatic rings. The second-order valence-electron chi connectivity index (χ2n) is 20.6. The third-order valence-corrected chi connectivity index (χ3v) is 25.3. The molecule has 0 radical (unpaired) electrons. The molecule has 8 aromatic carbocycles. The molecule has 12 aromatic rings. The third kappa shape index (κ3) is 7.95. The normalized spacial score (nSPS) is 15.2. The highest BCUT2D eigenvalue weighted by molar-refractivity contribution is 7.17. The van der Waals surface area contributed by atoms with Crippen LogP contribution in [0.3, 0.4) is 0 Å². The molecule has 0 atom stereocenters. The van der Waals surface area contributed by atoms with Gasteiger partial charge in [0.2, 0.25) is 0 Å². The van der Waals surface area contributed by atoms with Crippen LogP contribution in [0.5, 0.6) is 0 Å². The lowest BCUT2D eigenvalue weighted by Gasteiger charge is -2.36. The molecular formula is C68H50N8Si2. The van der Waals surface area contributed by atoms with Crippen molar-refractivity contribution in [1.82, 2.24) is 39.9 Å². The molecule has 0 spiro atoms. The van der Waals surface area contributed by atoms with Gasteiger partial charge in [0.15, 0.2) is 0 Å². The summed E-state index contributed by atoms with van der Waals surface area (Å²) in [5.41, 5.74) is 19.4. The maximum absolute atomic E-state index is 5.63. The van der Waals surface area contributed by atoms with E-state index in [2.05, 4.69) is 183 Å². The number of nitrogens with zero attached hydrogens (tertiary/aromatic N) is 8. The van der Waals surface area contributed by atoms with Crippen LogP contribution in [0.25, 0.3) is 87.2 Å². The predicted molar refractivity (Wildman–Crippen MR) is 324 cm³/mol. The lowest BCUT2D eigenvalue weighted by Crippen LogP contribution is -2.40. The van der Waals surface area contributed by atoms with Gasteiger partial charge in [-0.1, -0.05) is 195 Å². The van der Waals surface area contributed by atoms with Crippen molar-refractivity contribution in [2.45, 2.75) is 25.2 Å². The van der Waals surface area contributed by atoms with Gasteiger partial charge in [-0.2, -0.15) is 0 Å². The van der Waals surface area contributed by atoms with Crippen molar-refractivity contribution in [2.24, 2.45) is 0 Å². The summed E-state index contributed by atoms with van der Waals surface area (Å²) in [4.78, 5) is 43.3. The van der Waals surface area contributed by atoms with Crippen molar-refractivity contribution >= 4 is 103 Å². The molecule has 8 nitrogen and oxygen atoms in total. The molecule has 14 rings (SSSR count). The van der Waals surface area contributed by atoms with Gasteiger partial charge >= 0.3 is 0 Å². The zero-order valence-corrected chi connectivity index (χ0v) is 45.1. The minimum Gasteiger partial charge on any atom is -0.252 e. The van der Waals surface area contributed by atoms with E-state index in [0.29, 0.717) is 0 Å². The van der Waals surface area contributed by atoms with Crippen molar-refractivity contribution in [1.29, 1.82) is 0 Å². The van der Waals surface area contributed by atoms with Crippen molar-refractivity contribution in [3.05, 3.63) is 288 Å². The summed E-state index contributed by atoms with van der Waals surface area (Å²) in [6.45, 7) is 5.12. The largest absolute Gasteiger partial charge is 0.252 e. The number of allylic oxidation sites excluding steroid dienone is 4. The molecule has 0 bridgehead atoms. The van der Waals surface area contributed by atoms with E-state index in [-0.39, 0.29) is 0 Å². The lowest BCUT2D eigenvalue weighted by atomic mass is 9.90. The molecule has 370 valence electrons. The van der Waals surface area contributed by atoms with Gasteiger partial charge in [-0.15, -0.1) is 0 Å². The van der Waals surface area contributed by atoms with Crippen molar-refractivity contribution in [3.8, 4) is 0 Å². The van der Waals surface area contributed by atoms with Crippen LogP contribution in [0.2, 0.25) is 25.2 Å². The van der Waals surface area contributed by atoms with Gasteiger partial charge in [0, 0.05) is 0 Å². The molecule has 0 N–H and O–H groups in total. The van der Waals surface area contributed by atoms with E-state index in [1.165, 1.54) is 20.8 Å². The number of aromatic nitrogens is 8. The molecule has 0 aliphatic carbocycles. The summed E-state index contributed by atoms with van der Waals surface area (Å²) in [5.74, 6) is 0. The standard InChI is InChI=1S/C68H50N8Si2/c1-77(65(57-41-69-49-31-15-19-35-53(49)73-57)61(45-23-7-3-8-24-45)62(46-25-9-4-10-26-46)66(77)58-42-70-50-32-16-20-36-54(50)74-58)39-40-78(2)67(59-43-71-51-33-17-21-37-55(51)75-59)63(47-27-11-5-12-28-47)64(48-29-13-6-14-30-48)68(78)60-44-72-52-34-18-22-38-56(52)76-60/h3-38,41-44H,39-40H2,1-2H3. The quantitative estimate of drug-likeness (QED) is 0.118. The highest BCUT2D eigenvalue weighted by Gasteiger charge is 2.53. The van der Waals surface area contributed by atoms with Crippen LogP contribution >= 0.6 is 0 Å². The first kappa shape index (κ1) is 47.0. The average Bonchev–Trinajstić information content (AvgIpc) is 3.65. The molecule has 0 saturated heterocycles. The highest BCUT2D eigenvalue weighted by Crippen LogP contribution is 2.61. The first-order valence-corrected chi connectivity index (χ1v) is 31.9. The fourth-order valence-corrected chi connectivity index (χ4v) is 23.9. The van der Waals surface area contributed by atoms with E-state index >= 15 is 0 Å². The van der Waals surface area contributed by atoms with Gasteiger partial charge in [0.25, 0.3) is 0 Å². The minimum absolute atomic E-state index is 0.801. The molecule has 6 heterocycles. The fraction of sp³-hybridized carbons (Fsp3) is 0.0588. The van der Waals surface area contributed by atoms with E-state index < -0.39 is 16.1 Å². The minimum atomic E-state index is -3.19. The molecule has 2 aliphatic heterocycles. The summed E-state index contributed by atoms with van der Waals surface area (Å²) in [7, 11) is -6.37. The molecule has 0 unspecified atom stereocenters. The van der Waals surface area contributed by atoms with Gasteiger partial charge in [-0.25, -0.2) is 19.9 Å². The molecule has 0 saturated carbocycles. The Hall–Kier alpha value is -9.49. The van der Waals surface area contributed by atoms with Crippen LogP contribution in [0.15, 0.2) is 243 Å². The highest BCUT2D eigenvalue weighted by atomic mass is 28.3. The Kier molecular flexibility index (Phi) is 11.6. The van der Waals surface area contributed by atoms with Gasteiger partial charge < -0.3 is 0 Å². The summed E-state index contributed by atoms with van der Waals surface area (Å²) in [6, 6.07) is 78.0. The maximum atomic E-state index is 5.63. The van der Waals surface area contributed by atoms with Crippen LogP contribution in [0.4, 0.5) is 0 Å². The van der Waals surface area contributed by atoms with E-state index in [1.54, 1.807) is 0 Å². The summed E-state index contributed by atoms with van der Waals surface area (Å²) in [5, 5.41) is 4.91. The van der Waals surface area contributed by atoms with Crippen LogP contribution in [-0.4, -0.2) is 56.0 Å². The van der Waals surface area contributed by atoms with Crippen LogP contribution in [-0.2, 0) is 0 Å². The van der Waals surface area contributed by atoms with E-state index in [1.807, 2.05) is 73.3 Å². The Labute approximate surface area is 454 Å². The van der Waals surface area contributed by atoms with Crippen LogP contribution in [0, 0.1) is 0 Å². The molecular weight excluding hydrogens is 985 g/mol. The summed E-state index contributed by atoms with van der Waals surface area (Å²) >= 11 is 0. The van der Waals surface area contributed by atoms with Gasteiger partial charge in [-0.3, -0.25) is 19.9 Å². The Bertz CT molecular complexity index is 3900. The molecule has 0 amide bonds. The topological polar surface area (TPSA) is 103 Å².